The van der Waals surface area contributed by atoms with Crippen LogP contribution >= 0.6 is 0 Å². The maximum absolute atomic E-state index is 11.7. The Morgan fingerprint density at radius 1 is 1.53 bits per heavy atom. The van der Waals surface area contributed by atoms with Crippen molar-refractivity contribution in [2.75, 3.05) is 36.5 Å². The van der Waals surface area contributed by atoms with Crippen molar-refractivity contribution < 1.29 is 19.7 Å². The van der Waals surface area contributed by atoms with E-state index in [0.29, 0.717) is 12.3 Å². The number of carbonyl (C=O) groups is 1. The largest absolute Gasteiger partial charge is 0.481 e. The maximum atomic E-state index is 11.7. The zero-order chi connectivity index (χ0) is 13.8. The minimum atomic E-state index is -0.800. The molecule has 1 aliphatic heterocycles. The van der Waals surface area contributed by atoms with E-state index in [1.54, 1.807) is 11.0 Å². The Balaban J connectivity index is 2.13. The van der Waals surface area contributed by atoms with Crippen molar-refractivity contribution in [1.29, 1.82) is 0 Å². The van der Waals surface area contributed by atoms with Crippen molar-refractivity contribution in [3.63, 3.8) is 0 Å². The number of nitrogens with zero attached hydrogens (tertiary/aromatic N) is 1. The van der Waals surface area contributed by atoms with Crippen molar-refractivity contribution in [2.45, 2.75) is 13.0 Å². The van der Waals surface area contributed by atoms with Gasteiger partial charge in [-0.05, 0) is 19.1 Å². The van der Waals surface area contributed by atoms with E-state index in [9.17, 15) is 9.90 Å². The molecule has 0 saturated carbocycles. The highest BCUT2D eigenvalue weighted by atomic mass is 16.5. The van der Waals surface area contributed by atoms with Crippen molar-refractivity contribution in [2.24, 2.45) is 0 Å². The summed E-state index contributed by atoms with van der Waals surface area (Å²) in [6, 6.07) is 5.41. The summed E-state index contributed by atoms with van der Waals surface area (Å²) in [5.41, 5.74) is 1.53. The van der Waals surface area contributed by atoms with Crippen molar-refractivity contribution in [3.8, 4) is 5.75 Å². The van der Waals surface area contributed by atoms with Crippen molar-refractivity contribution in [1.82, 2.24) is 0 Å². The third kappa shape index (κ3) is 2.97. The molecule has 0 aromatic heterocycles. The smallest absolute Gasteiger partial charge is 0.265 e. The molecule has 0 aliphatic carbocycles. The first-order valence-electron chi connectivity index (χ1n) is 6.25. The molecule has 0 bridgehead atoms. The third-order valence-corrected chi connectivity index (χ3v) is 2.97. The summed E-state index contributed by atoms with van der Waals surface area (Å²) < 4.78 is 5.40. The molecule has 0 radical (unpaired) electrons. The fourth-order valence-electron chi connectivity index (χ4n) is 1.96. The van der Waals surface area contributed by atoms with Crippen LogP contribution in [0.15, 0.2) is 18.2 Å². The number of rotatable bonds is 5. The number of carbonyl (C=O) groups excluding carboxylic acids is 1. The van der Waals surface area contributed by atoms with Crippen molar-refractivity contribution >= 4 is 17.3 Å². The van der Waals surface area contributed by atoms with Crippen molar-refractivity contribution in [3.05, 3.63) is 18.2 Å². The Morgan fingerprint density at radius 3 is 3.00 bits per heavy atom. The van der Waals surface area contributed by atoms with Gasteiger partial charge in [0.2, 0.25) is 0 Å². The Labute approximate surface area is 111 Å². The van der Waals surface area contributed by atoms with Crippen LogP contribution in [0.25, 0.3) is 0 Å². The summed E-state index contributed by atoms with van der Waals surface area (Å²) in [4.78, 5) is 13.3. The van der Waals surface area contributed by atoms with E-state index in [1.807, 2.05) is 19.1 Å². The van der Waals surface area contributed by atoms with E-state index >= 15 is 0 Å². The lowest BCUT2D eigenvalue weighted by Gasteiger charge is -2.28. The monoisotopic (exact) mass is 266 g/mol. The van der Waals surface area contributed by atoms with E-state index in [4.69, 9.17) is 9.84 Å². The number of likely N-dealkylation sites (N-methyl/N-ethyl adjacent to an activating group) is 1. The Hall–Kier alpha value is -1.79. The van der Waals surface area contributed by atoms with Gasteiger partial charge in [0.25, 0.3) is 5.91 Å². The Bertz CT molecular complexity index is 464. The number of hydrogen-bond acceptors (Lipinski definition) is 5. The predicted molar refractivity (Wildman–Crippen MR) is 71.5 cm³/mol. The lowest BCUT2D eigenvalue weighted by molar-refractivity contribution is -0.121. The van der Waals surface area contributed by atoms with Crippen LogP contribution in [0.1, 0.15) is 6.92 Å². The molecular formula is C13H18N2O4. The highest BCUT2D eigenvalue weighted by Crippen LogP contribution is 2.34. The number of hydrogen-bond donors (Lipinski definition) is 3. The Morgan fingerprint density at radius 2 is 2.32 bits per heavy atom. The SMILES string of the molecule is CCN1C(=O)COc2cc(NCC(O)CO)ccc21. The molecule has 104 valence electrons. The second kappa shape index (κ2) is 5.90. The first-order chi connectivity index (χ1) is 9.15. The number of nitrogens with one attached hydrogen (secondary N) is 1. The van der Waals surface area contributed by atoms with Gasteiger partial charge in [-0.1, -0.05) is 0 Å². The average Bonchev–Trinajstić information content (AvgIpc) is 2.44. The van der Waals surface area contributed by atoms with Gasteiger partial charge in [0.15, 0.2) is 6.61 Å². The zero-order valence-corrected chi connectivity index (χ0v) is 10.8. The molecule has 6 heteroatoms. The fourth-order valence-corrected chi connectivity index (χ4v) is 1.96. The standard InChI is InChI=1S/C13H18N2O4/c1-2-15-11-4-3-9(14-6-10(17)7-16)5-12(11)19-8-13(15)18/h3-5,10,14,16-17H,2,6-8H2,1H3. The second-order valence-electron chi connectivity index (χ2n) is 4.33. The van der Waals surface area contributed by atoms with Crippen LogP contribution in [0.4, 0.5) is 11.4 Å². The van der Waals surface area contributed by atoms with Crippen LogP contribution in [0.3, 0.4) is 0 Å². The summed E-state index contributed by atoms with van der Waals surface area (Å²) in [5, 5.41) is 21.0. The van der Waals surface area contributed by atoms with Gasteiger partial charge in [-0.3, -0.25) is 4.79 Å². The third-order valence-electron chi connectivity index (χ3n) is 2.97. The molecule has 3 N–H and O–H groups in total. The average molecular weight is 266 g/mol. The molecule has 1 atom stereocenters. The summed E-state index contributed by atoms with van der Waals surface area (Å²) in [5.74, 6) is 0.594. The Kier molecular flexibility index (Phi) is 4.24. The molecular weight excluding hydrogens is 248 g/mol. The molecule has 2 rings (SSSR count). The van der Waals surface area contributed by atoms with Crippen LogP contribution < -0.4 is 15.0 Å². The molecule has 1 aromatic rings. The lowest BCUT2D eigenvalue weighted by atomic mass is 10.2. The van der Waals surface area contributed by atoms with Gasteiger partial charge in [0, 0.05) is 24.8 Å². The summed E-state index contributed by atoms with van der Waals surface area (Å²) in [7, 11) is 0. The first kappa shape index (κ1) is 13.6. The summed E-state index contributed by atoms with van der Waals surface area (Å²) in [6.45, 7) is 2.53. The predicted octanol–water partition coefficient (Wildman–Crippen LogP) is 0.197. The van der Waals surface area contributed by atoms with E-state index in [1.165, 1.54) is 0 Å². The highest BCUT2D eigenvalue weighted by molar-refractivity contribution is 5.98. The van der Waals surface area contributed by atoms with Crippen LogP contribution in [0.2, 0.25) is 0 Å². The molecule has 0 fully saturated rings. The molecule has 1 unspecified atom stereocenters. The second-order valence-corrected chi connectivity index (χ2v) is 4.33. The minimum absolute atomic E-state index is 0.0452. The number of anilines is 2. The zero-order valence-electron chi connectivity index (χ0n) is 10.8. The number of ether oxygens (including phenoxy) is 1. The van der Waals surface area contributed by atoms with E-state index in [-0.39, 0.29) is 25.7 Å². The first-order valence-corrected chi connectivity index (χ1v) is 6.25. The molecule has 19 heavy (non-hydrogen) atoms. The fraction of sp³-hybridized carbons (Fsp3) is 0.462. The van der Waals surface area contributed by atoms with E-state index < -0.39 is 6.10 Å². The number of amides is 1. The quantitative estimate of drug-likeness (QED) is 0.709. The van der Waals surface area contributed by atoms with Gasteiger partial charge < -0.3 is 25.2 Å². The molecule has 1 amide bonds. The van der Waals surface area contributed by atoms with Gasteiger partial charge in [-0.15, -0.1) is 0 Å². The van der Waals surface area contributed by atoms with E-state index in [0.717, 1.165) is 11.4 Å². The molecule has 1 heterocycles. The molecule has 0 spiro atoms. The van der Waals surface area contributed by atoms with Crippen LogP contribution in [0, 0.1) is 0 Å². The summed E-state index contributed by atoms with van der Waals surface area (Å²) in [6.07, 6.45) is -0.800. The minimum Gasteiger partial charge on any atom is -0.481 e. The summed E-state index contributed by atoms with van der Waals surface area (Å²) >= 11 is 0. The lowest BCUT2D eigenvalue weighted by Crippen LogP contribution is -2.38. The van der Waals surface area contributed by atoms with Crippen LogP contribution in [-0.4, -0.2) is 48.5 Å². The topological polar surface area (TPSA) is 82.0 Å². The van der Waals surface area contributed by atoms with Gasteiger partial charge in [-0.25, -0.2) is 0 Å². The number of aliphatic hydroxyl groups excluding tert-OH is 2. The number of aliphatic hydroxyl groups is 2. The van der Waals surface area contributed by atoms with Gasteiger partial charge in [0.1, 0.15) is 5.75 Å². The van der Waals surface area contributed by atoms with Crippen LogP contribution in [0.5, 0.6) is 5.75 Å². The van der Waals surface area contributed by atoms with Crippen LogP contribution in [-0.2, 0) is 4.79 Å². The molecule has 0 saturated heterocycles. The van der Waals surface area contributed by atoms with Gasteiger partial charge in [-0.2, -0.15) is 0 Å². The number of fused-ring (bicyclic) bond motifs is 1. The molecule has 1 aliphatic rings. The maximum Gasteiger partial charge on any atom is 0.265 e. The number of benzene rings is 1. The molecule has 1 aromatic carbocycles. The van der Waals surface area contributed by atoms with E-state index in [2.05, 4.69) is 5.32 Å². The van der Waals surface area contributed by atoms with Gasteiger partial charge >= 0.3 is 0 Å². The highest BCUT2D eigenvalue weighted by Gasteiger charge is 2.24. The van der Waals surface area contributed by atoms with Gasteiger partial charge in [0.05, 0.1) is 18.4 Å². The molecule has 6 nitrogen and oxygen atoms in total. The normalized spacial score (nSPS) is 15.7.